The van der Waals surface area contributed by atoms with Crippen LogP contribution in [0.1, 0.15) is 29.3 Å². The average molecular weight is 545 g/mol. The van der Waals surface area contributed by atoms with E-state index in [-0.39, 0.29) is 31.2 Å². The van der Waals surface area contributed by atoms with Gasteiger partial charge in [0.15, 0.2) is 0 Å². The van der Waals surface area contributed by atoms with Gasteiger partial charge in [-0.3, -0.25) is 9.59 Å². The van der Waals surface area contributed by atoms with Crippen molar-refractivity contribution < 1.29 is 28.7 Å². The summed E-state index contributed by atoms with van der Waals surface area (Å²) in [5, 5.41) is 5.15. The average Bonchev–Trinajstić information content (AvgIpc) is 2.98. The molecule has 0 unspecified atom stereocenters. The Morgan fingerprint density at radius 2 is 1.77 bits per heavy atom. The van der Waals surface area contributed by atoms with Gasteiger partial charge >= 0.3 is 12.0 Å². The predicted octanol–water partition coefficient (Wildman–Crippen LogP) is 4.01. The molecule has 1 aliphatic rings. The summed E-state index contributed by atoms with van der Waals surface area (Å²) in [5.74, 6) is -0.694. The van der Waals surface area contributed by atoms with E-state index >= 15 is 0 Å². The first-order chi connectivity index (χ1) is 19.4. The lowest BCUT2D eigenvalue weighted by Gasteiger charge is -2.32. The minimum absolute atomic E-state index is 0.217. The Morgan fingerprint density at radius 1 is 0.975 bits per heavy atom. The summed E-state index contributed by atoms with van der Waals surface area (Å²) < 4.78 is 10.3. The zero-order chi connectivity index (χ0) is 28.5. The number of hydrogen-bond acceptors (Lipinski definition) is 6. The van der Waals surface area contributed by atoms with Crippen molar-refractivity contribution in [1.29, 1.82) is 0 Å². The smallest absolute Gasteiger partial charge is 0.338 e. The summed E-state index contributed by atoms with van der Waals surface area (Å²) >= 11 is 0. The van der Waals surface area contributed by atoms with Crippen LogP contribution in [-0.4, -0.2) is 57.2 Å². The molecule has 0 radical (unpaired) electrons. The summed E-state index contributed by atoms with van der Waals surface area (Å²) in [4.78, 5) is 54.5. The van der Waals surface area contributed by atoms with Gasteiger partial charge in [0.05, 0.1) is 25.8 Å². The van der Waals surface area contributed by atoms with Crippen LogP contribution in [0.15, 0.2) is 72.8 Å². The number of ether oxygens (including phenoxy) is 2. The maximum absolute atomic E-state index is 13.5. The third kappa shape index (κ3) is 6.96. The van der Waals surface area contributed by atoms with Crippen molar-refractivity contribution in [3.8, 4) is 5.75 Å². The predicted molar refractivity (Wildman–Crippen MR) is 152 cm³/mol. The van der Waals surface area contributed by atoms with Gasteiger partial charge in [0.1, 0.15) is 12.3 Å². The van der Waals surface area contributed by atoms with E-state index in [0.717, 1.165) is 24.1 Å². The first-order valence-electron chi connectivity index (χ1n) is 13.0. The van der Waals surface area contributed by atoms with E-state index in [0.29, 0.717) is 23.7 Å². The fourth-order valence-corrected chi connectivity index (χ4v) is 4.48. The number of aryl methyl sites for hydroxylation is 1. The van der Waals surface area contributed by atoms with E-state index in [2.05, 4.69) is 10.6 Å². The molecule has 10 heteroatoms. The molecular weight excluding hydrogens is 512 g/mol. The highest BCUT2D eigenvalue weighted by Gasteiger charge is 2.27. The number of para-hydroxylation sites is 1. The van der Waals surface area contributed by atoms with Crippen LogP contribution in [0.25, 0.3) is 0 Å². The largest absolute Gasteiger partial charge is 0.497 e. The summed E-state index contributed by atoms with van der Waals surface area (Å²) in [5.41, 5.74) is 3.05. The summed E-state index contributed by atoms with van der Waals surface area (Å²) in [6.45, 7) is 1.91. The molecule has 1 heterocycles. The lowest BCUT2D eigenvalue weighted by molar-refractivity contribution is -0.122. The summed E-state index contributed by atoms with van der Waals surface area (Å²) in [6.07, 6.45) is 1.72. The monoisotopic (exact) mass is 544 g/mol. The van der Waals surface area contributed by atoms with E-state index < -0.39 is 17.9 Å². The van der Waals surface area contributed by atoms with Gasteiger partial charge in [-0.2, -0.15) is 0 Å². The molecule has 3 aromatic rings. The maximum Gasteiger partial charge on any atom is 0.338 e. The van der Waals surface area contributed by atoms with Gasteiger partial charge < -0.3 is 29.9 Å². The lowest BCUT2D eigenvalue weighted by atomic mass is 10.0. The van der Waals surface area contributed by atoms with Crippen LogP contribution in [0.2, 0.25) is 0 Å². The number of carbonyl (C=O) groups is 4. The lowest BCUT2D eigenvalue weighted by Crippen LogP contribution is -2.48. The fourth-order valence-electron chi connectivity index (χ4n) is 4.48. The number of rotatable bonds is 9. The van der Waals surface area contributed by atoms with E-state index in [9.17, 15) is 19.2 Å². The molecule has 0 aromatic heterocycles. The van der Waals surface area contributed by atoms with Crippen LogP contribution >= 0.6 is 0 Å². The van der Waals surface area contributed by atoms with Crippen molar-refractivity contribution in [3.63, 3.8) is 0 Å². The van der Waals surface area contributed by atoms with E-state index in [1.807, 2.05) is 24.3 Å². The molecule has 3 aromatic carbocycles. The van der Waals surface area contributed by atoms with Gasteiger partial charge in [0, 0.05) is 29.7 Å². The molecule has 0 aliphatic carbocycles. The van der Waals surface area contributed by atoms with Gasteiger partial charge in [-0.1, -0.05) is 30.3 Å². The topological polar surface area (TPSA) is 117 Å². The number of fused-ring (bicyclic) bond motifs is 1. The number of anilines is 3. The fraction of sp³-hybridized carbons (Fsp3) is 0.267. The minimum Gasteiger partial charge on any atom is -0.497 e. The van der Waals surface area contributed by atoms with E-state index in [4.69, 9.17) is 9.47 Å². The van der Waals surface area contributed by atoms with Crippen LogP contribution in [-0.2, 0) is 20.7 Å². The van der Waals surface area contributed by atoms with Crippen LogP contribution in [0.5, 0.6) is 5.75 Å². The third-order valence-electron chi connectivity index (χ3n) is 6.40. The number of methoxy groups -OCH3 is 1. The third-order valence-corrected chi connectivity index (χ3v) is 6.40. The van der Waals surface area contributed by atoms with Crippen LogP contribution in [0, 0.1) is 0 Å². The Hall–Kier alpha value is -4.86. The zero-order valence-corrected chi connectivity index (χ0v) is 22.5. The molecule has 40 heavy (non-hydrogen) atoms. The van der Waals surface area contributed by atoms with Crippen LogP contribution < -0.4 is 25.2 Å². The Kier molecular flexibility index (Phi) is 9.35. The molecule has 4 amide bonds. The molecular formula is C30H32N4O6. The molecule has 208 valence electrons. The highest BCUT2D eigenvalue weighted by atomic mass is 16.5. The second-order valence-electron chi connectivity index (χ2n) is 9.07. The van der Waals surface area contributed by atoms with Crippen molar-refractivity contribution in [2.24, 2.45) is 0 Å². The number of benzene rings is 3. The molecule has 10 nitrogen and oxygen atoms in total. The van der Waals surface area contributed by atoms with Crippen molar-refractivity contribution in [2.75, 3.05) is 48.5 Å². The van der Waals surface area contributed by atoms with Crippen molar-refractivity contribution in [1.82, 2.24) is 5.32 Å². The number of nitrogens with one attached hydrogen (secondary N) is 2. The molecule has 0 saturated heterocycles. The van der Waals surface area contributed by atoms with Gasteiger partial charge in [-0.15, -0.1) is 0 Å². The number of nitrogens with zero attached hydrogens (tertiary/aromatic N) is 2. The van der Waals surface area contributed by atoms with Crippen LogP contribution in [0.4, 0.5) is 21.9 Å². The quantitative estimate of drug-likeness (QED) is 0.393. The minimum atomic E-state index is -0.642. The van der Waals surface area contributed by atoms with Crippen molar-refractivity contribution in [2.45, 2.75) is 19.8 Å². The second kappa shape index (κ2) is 13.3. The standard InChI is InChI=1S/C30H32N4O6/c1-3-40-29(37)22-10-6-12-23(17-22)32-30(38)31-19-27(35)34(24-13-7-14-25(18-24)39-2)20-28(36)33-16-8-11-21-9-4-5-15-26(21)33/h4-7,9-10,12-15,17-18H,3,8,11,16,19-20H2,1-2H3,(H2,31,32,38). The molecule has 2 N–H and O–H groups in total. The van der Waals surface area contributed by atoms with Gasteiger partial charge in [-0.25, -0.2) is 9.59 Å². The van der Waals surface area contributed by atoms with Crippen LogP contribution in [0.3, 0.4) is 0 Å². The molecule has 0 fully saturated rings. The molecule has 0 spiro atoms. The maximum atomic E-state index is 13.5. The molecule has 1 aliphatic heterocycles. The SMILES string of the molecule is CCOC(=O)c1cccc(NC(=O)NCC(=O)N(CC(=O)N2CCCc3ccccc32)c2cccc(OC)c2)c1. The summed E-state index contributed by atoms with van der Waals surface area (Å²) in [7, 11) is 1.52. The Morgan fingerprint density at radius 3 is 2.58 bits per heavy atom. The molecule has 4 rings (SSSR count). The van der Waals surface area contributed by atoms with Gasteiger partial charge in [-0.05, 0) is 61.7 Å². The Bertz CT molecular complexity index is 1390. The Labute approximate surface area is 232 Å². The van der Waals surface area contributed by atoms with E-state index in [1.54, 1.807) is 54.3 Å². The van der Waals surface area contributed by atoms with Crippen molar-refractivity contribution in [3.05, 3.63) is 83.9 Å². The normalized spacial score (nSPS) is 12.1. The number of carbonyl (C=O) groups excluding carboxylic acids is 4. The van der Waals surface area contributed by atoms with E-state index in [1.165, 1.54) is 18.1 Å². The molecule has 0 atom stereocenters. The van der Waals surface area contributed by atoms with Gasteiger partial charge in [0.25, 0.3) is 0 Å². The summed E-state index contributed by atoms with van der Waals surface area (Å²) in [6, 6.07) is 20.2. The zero-order valence-electron chi connectivity index (χ0n) is 22.5. The first kappa shape index (κ1) is 28.2. The number of urea groups is 1. The molecule has 0 saturated carbocycles. The van der Waals surface area contributed by atoms with Crippen molar-refractivity contribution >= 4 is 40.9 Å². The van der Waals surface area contributed by atoms with Gasteiger partial charge in [0.2, 0.25) is 11.8 Å². The number of esters is 1. The molecule has 0 bridgehead atoms. The highest BCUT2D eigenvalue weighted by molar-refractivity contribution is 6.06. The highest BCUT2D eigenvalue weighted by Crippen LogP contribution is 2.28. The Balaban J connectivity index is 1.46. The second-order valence-corrected chi connectivity index (χ2v) is 9.07. The number of hydrogen-bond donors (Lipinski definition) is 2. The first-order valence-corrected chi connectivity index (χ1v) is 13.0. The number of amides is 4.